The SMILES string of the molecule is C[N+]1(CCc2ccc3c(c2)OCO3)CC2C(CC(C#N)(c3ccccc3)C3CCCCC3)C2C1.[I-]. The molecule has 5 heteroatoms. The predicted octanol–water partition coefficient (Wildman–Crippen LogP) is 2.72. The molecule has 0 spiro atoms. The van der Waals surface area contributed by atoms with Crippen LogP contribution in [0.25, 0.3) is 0 Å². The third-order valence-electron chi connectivity index (χ3n) is 9.54. The summed E-state index contributed by atoms with van der Waals surface area (Å²) in [7, 11) is 2.44. The Morgan fingerprint density at radius 2 is 1.69 bits per heavy atom. The van der Waals surface area contributed by atoms with Gasteiger partial charge in [0.15, 0.2) is 11.5 Å². The number of quaternary nitrogens is 1. The summed E-state index contributed by atoms with van der Waals surface area (Å²) in [6.45, 7) is 4.04. The van der Waals surface area contributed by atoms with E-state index >= 15 is 0 Å². The topological polar surface area (TPSA) is 42.2 Å². The van der Waals surface area contributed by atoms with Crippen LogP contribution < -0.4 is 33.5 Å². The van der Waals surface area contributed by atoms with E-state index in [1.807, 2.05) is 6.07 Å². The number of nitriles is 1. The Morgan fingerprint density at radius 3 is 2.40 bits per heavy atom. The van der Waals surface area contributed by atoms with Crippen LogP contribution in [0.15, 0.2) is 48.5 Å². The zero-order chi connectivity index (χ0) is 23.2. The van der Waals surface area contributed by atoms with Crippen LogP contribution in [0.5, 0.6) is 11.5 Å². The second kappa shape index (κ2) is 9.94. The van der Waals surface area contributed by atoms with E-state index in [1.165, 1.54) is 62.9 Å². The maximum atomic E-state index is 10.6. The number of hydrogen-bond acceptors (Lipinski definition) is 3. The Kier molecular flexibility index (Phi) is 7.07. The first-order valence-corrected chi connectivity index (χ1v) is 13.3. The van der Waals surface area contributed by atoms with Gasteiger partial charge in [-0.25, -0.2) is 0 Å². The molecule has 0 bridgehead atoms. The first-order chi connectivity index (χ1) is 16.6. The van der Waals surface area contributed by atoms with Crippen molar-refractivity contribution in [1.29, 1.82) is 5.26 Å². The first-order valence-electron chi connectivity index (χ1n) is 13.3. The number of rotatable bonds is 7. The van der Waals surface area contributed by atoms with Gasteiger partial charge in [0.1, 0.15) is 0 Å². The molecule has 4 aliphatic rings. The number of benzene rings is 2. The Morgan fingerprint density at radius 1 is 0.971 bits per heavy atom. The van der Waals surface area contributed by atoms with Gasteiger partial charge in [-0.3, -0.25) is 0 Å². The summed E-state index contributed by atoms with van der Waals surface area (Å²) in [5.74, 6) is 4.58. The lowest BCUT2D eigenvalue weighted by Gasteiger charge is -2.39. The van der Waals surface area contributed by atoms with Crippen molar-refractivity contribution in [3.63, 3.8) is 0 Å². The van der Waals surface area contributed by atoms with Crippen LogP contribution in [-0.2, 0) is 11.8 Å². The lowest BCUT2D eigenvalue weighted by molar-refractivity contribution is -0.903. The van der Waals surface area contributed by atoms with E-state index in [0.717, 1.165) is 46.6 Å². The molecule has 4 nitrogen and oxygen atoms in total. The molecule has 0 radical (unpaired) electrons. The molecule has 2 aromatic carbocycles. The molecule has 186 valence electrons. The van der Waals surface area contributed by atoms with Gasteiger partial charge in [-0.15, -0.1) is 0 Å². The number of likely N-dealkylation sites (N-methyl/N-ethyl adjacent to an activating group) is 1. The average molecular weight is 585 g/mol. The molecule has 3 unspecified atom stereocenters. The number of piperidine rings is 1. The molecule has 2 aliphatic carbocycles. The maximum absolute atomic E-state index is 10.6. The molecule has 1 saturated heterocycles. The van der Waals surface area contributed by atoms with Crippen molar-refractivity contribution in [2.45, 2.75) is 50.4 Å². The lowest BCUT2D eigenvalue weighted by atomic mass is 9.63. The molecular formula is C30H37IN2O2. The Balaban J connectivity index is 0.00000253. The van der Waals surface area contributed by atoms with Gasteiger partial charge in [0.25, 0.3) is 0 Å². The van der Waals surface area contributed by atoms with Crippen molar-refractivity contribution in [1.82, 2.24) is 0 Å². The standard InChI is InChI=1S/C30H37N2O2.HI/c1-32(15-14-22-12-13-28-29(16-22)34-21-33-28)18-26-25(27(26)19-32)17-30(20-31,23-8-4-2-5-9-23)24-10-6-3-7-11-24;/h2,4-5,8-9,12-13,16,24-27H,3,6-7,10-11,14-15,17-19,21H2,1H3;1H/q+1;/p-1. The van der Waals surface area contributed by atoms with Crippen LogP contribution in [-0.4, -0.2) is 38.0 Å². The number of likely N-dealkylation sites (tertiary alicyclic amines) is 1. The smallest absolute Gasteiger partial charge is 0.231 e. The zero-order valence-electron chi connectivity index (χ0n) is 20.8. The minimum atomic E-state index is -0.299. The molecule has 2 aromatic rings. The van der Waals surface area contributed by atoms with Crippen LogP contribution in [0.2, 0.25) is 0 Å². The Labute approximate surface area is 227 Å². The Bertz CT molecular complexity index is 1070. The molecule has 0 aromatic heterocycles. The summed E-state index contributed by atoms with van der Waals surface area (Å²) in [6, 6.07) is 20.1. The van der Waals surface area contributed by atoms with E-state index in [1.54, 1.807) is 0 Å². The van der Waals surface area contributed by atoms with E-state index in [9.17, 15) is 5.26 Å². The second-order valence-corrected chi connectivity index (χ2v) is 11.6. The van der Waals surface area contributed by atoms with Crippen LogP contribution in [0.1, 0.15) is 49.7 Å². The maximum Gasteiger partial charge on any atom is 0.231 e. The molecule has 3 fully saturated rings. The monoisotopic (exact) mass is 584 g/mol. The first kappa shape index (κ1) is 24.9. The van der Waals surface area contributed by atoms with Crippen LogP contribution in [0, 0.1) is 35.0 Å². The number of hydrogen-bond donors (Lipinski definition) is 0. The van der Waals surface area contributed by atoms with Gasteiger partial charge in [0, 0.05) is 18.3 Å². The number of halogens is 1. The highest BCUT2D eigenvalue weighted by Gasteiger charge is 2.63. The van der Waals surface area contributed by atoms with Crippen LogP contribution in [0.4, 0.5) is 0 Å². The fourth-order valence-electron chi connectivity index (χ4n) is 7.56. The highest BCUT2D eigenvalue weighted by atomic mass is 127. The normalized spacial score (nSPS) is 30.6. The largest absolute Gasteiger partial charge is 1.00 e. The summed E-state index contributed by atoms with van der Waals surface area (Å²) >= 11 is 0. The van der Waals surface area contributed by atoms with E-state index in [4.69, 9.17) is 9.47 Å². The summed E-state index contributed by atoms with van der Waals surface area (Å²) in [5, 5.41) is 10.6. The molecule has 3 atom stereocenters. The van der Waals surface area contributed by atoms with E-state index in [2.05, 4.69) is 55.6 Å². The van der Waals surface area contributed by atoms with Crippen LogP contribution in [0.3, 0.4) is 0 Å². The highest BCUT2D eigenvalue weighted by molar-refractivity contribution is 5.44. The fraction of sp³-hybridized carbons (Fsp3) is 0.567. The summed E-state index contributed by atoms with van der Waals surface area (Å²) in [4.78, 5) is 0. The summed E-state index contributed by atoms with van der Waals surface area (Å²) in [6.07, 6.45) is 8.48. The van der Waals surface area contributed by atoms with Crippen molar-refractivity contribution < 1.29 is 37.9 Å². The minimum absolute atomic E-state index is 0. The molecule has 0 amide bonds. The van der Waals surface area contributed by atoms with Crippen molar-refractivity contribution >= 4 is 0 Å². The van der Waals surface area contributed by atoms with Crippen LogP contribution >= 0.6 is 0 Å². The zero-order valence-corrected chi connectivity index (χ0v) is 23.0. The number of ether oxygens (including phenoxy) is 2. The van der Waals surface area contributed by atoms with Crippen molar-refractivity contribution in [2.24, 2.45) is 23.7 Å². The molecule has 6 rings (SSSR count). The average Bonchev–Trinajstić information content (AvgIpc) is 3.21. The highest BCUT2D eigenvalue weighted by Crippen LogP contribution is 2.60. The summed E-state index contributed by atoms with van der Waals surface area (Å²) < 4.78 is 12.2. The van der Waals surface area contributed by atoms with Gasteiger partial charge in [-0.05, 0) is 54.4 Å². The lowest BCUT2D eigenvalue weighted by Crippen LogP contribution is -3.00. The number of nitrogens with zero attached hydrogens (tertiary/aromatic N) is 2. The minimum Gasteiger partial charge on any atom is -1.00 e. The van der Waals surface area contributed by atoms with Gasteiger partial charge in [-0.2, -0.15) is 5.26 Å². The van der Waals surface area contributed by atoms with Gasteiger partial charge in [-0.1, -0.05) is 55.7 Å². The van der Waals surface area contributed by atoms with Crippen molar-refractivity contribution in [3.8, 4) is 17.6 Å². The van der Waals surface area contributed by atoms with Crippen molar-refractivity contribution in [2.75, 3.05) is 33.5 Å². The van der Waals surface area contributed by atoms with Gasteiger partial charge in [0.2, 0.25) is 6.79 Å². The van der Waals surface area contributed by atoms with Crippen molar-refractivity contribution in [3.05, 3.63) is 59.7 Å². The van der Waals surface area contributed by atoms with E-state index in [0.29, 0.717) is 12.7 Å². The third kappa shape index (κ3) is 4.69. The summed E-state index contributed by atoms with van der Waals surface area (Å²) in [5.41, 5.74) is 2.31. The fourth-order valence-corrected chi connectivity index (χ4v) is 7.56. The molecule has 2 heterocycles. The molecule has 35 heavy (non-hydrogen) atoms. The predicted molar refractivity (Wildman–Crippen MR) is 132 cm³/mol. The van der Waals surface area contributed by atoms with E-state index in [-0.39, 0.29) is 29.4 Å². The molecule has 0 N–H and O–H groups in total. The molecule has 2 saturated carbocycles. The van der Waals surface area contributed by atoms with E-state index < -0.39 is 0 Å². The molecular weight excluding hydrogens is 547 g/mol. The van der Waals surface area contributed by atoms with Gasteiger partial charge in [0.05, 0.1) is 38.2 Å². The second-order valence-electron chi connectivity index (χ2n) is 11.6. The quantitative estimate of drug-likeness (QED) is 0.372. The van der Waals surface area contributed by atoms with Gasteiger partial charge < -0.3 is 37.9 Å². The third-order valence-corrected chi connectivity index (χ3v) is 9.54. The number of fused-ring (bicyclic) bond motifs is 2. The Hall–Kier alpha value is -1.78. The van der Waals surface area contributed by atoms with Gasteiger partial charge >= 0.3 is 0 Å². The molecule has 2 aliphatic heterocycles.